The summed E-state index contributed by atoms with van der Waals surface area (Å²) in [5.74, 6) is -0.167. The number of carbonyl (C=O) groups excluding carboxylic acids is 1. The van der Waals surface area contributed by atoms with Crippen LogP contribution in [0, 0.1) is 0 Å². The fourth-order valence-electron chi connectivity index (χ4n) is 4.35. The Labute approximate surface area is 184 Å². The largest absolute Gasteiger partial charge is 0.332 e. The summed E-state index contributed by atoms with van der Waals surface area (Å²) in [5.41, 5.74) is 3.38. The topological polar surface area (TPSA) is 86.9 Å². The molecule has 0 unspecified atom stereocenters. The smallest absolute Gasteiger partial charge is 0.292 e. The number of nitrogens with zero attached hydrogens (tertiary/aromatic N) is 4. The second-order valence-electron chi connectivity index (χ2n) is 8.10. The van der Waals surface area contributed by atoms with E-state index in [2.05, 4.69) is 9.97 Å². The van der Waals surface area contributed by atoms with Gasteiger partial charge < -0.3 is 0 Å². The van der Waals surface area contributed by atoms with Crippen molar-refractivity contribution in [3.63, 3.8) is 0 Å². The number of aromatic nitrogens is 4. The van der Waals surface area contributed by atoms with Crippen molar-refractivity contribution in [3.8, 4) is 0 Å². The predicted octanol–water partition coefficient (Wildman–Crippen LogP) is 2.76. The van der Waals surface area contributed by atoms with Gasteiger partial charge in [-0.3, -0.25) is 23.7 Å². The van der Waals surface area contributed by atoms with E-state index >= 15 is 0 Å². The number of Topliss-reactive ketones (excluding diaryl/α,β-unsaturated/α-hetero) is 1. The van der Waals surface area contributed by atoms with Crippen LogP contribution < -0.4 is 11.2 Å². The minimum atomic E-state index is -0.529. The molecule has 7 nitrogen and oxygen atoms in total. The van der Waals surface area contributed by atoms with Crippen molar-refractivity contribution in [1.29, 1.82) is 0 Å². The monoisotopic (exact) mass is 426 g/mol. The van der Waals surface area contributed by atoms with Gasteiger partial charge in [-0.25, -0.2) is 9.78 Å². The van der Waals surface area contributed by atoms with Crippen molar-refractivity contribution >= 4 is 16.8 Å². The highest BCUT2D eigenvalue weighted by Crippen LogP contribution is 2.22. The van der Waals surface area contributed by atoms with Crippen LogP contribution in [0.4, 0.5) is 0 Å². The van der Waals surface area contributed by atoms with Gasteiger partial charge in [0, 0.05) is 24.2 Å². The van der Waals surface area contributed by atoms with E-state index in [1.54, 1.807) is 36.7 Å². The molecule has 1 aliphatic carbocycles. The van der Waals surface area contributed by atoms with Gasteiger partial charge in [0.2, 0.25) is 0 Å². The van der Waals surface area contributed by atoms with Crippen molar-refractivity contribution < 1.29 is 4.79 Å². The van der Waals surface area contributed by atoms with Crippen LogP contribution in [-0.2, 0) is 25.9 Å². The molecular weight excluding hydrogens is 404 g/mol. The molecule has 0 fully saturated rings. The molecule has 7 heteroatoms. The number of rotatable bonds is 5. The van der Waals surface area contributed by atoms with Gasteiger partial charge >= 0.3 is 5.69 Å². The Kier molecular flexibility index (Phi) is 5.23. The fraction of sp³-hybridized carbons (Fsp3) is 0.240. The van der Waals surface area contributed by atoms with Crippen LogP contribution in [0.5, 0.6) is 0 Å². The van der Waals surface area contributed by atoms with Gasteiger partial charge in [-0.1, -0.05) is 12.1 Å². The Morgan fingerprint density at radius 3 is 2.50 bits per heavy atom. The van der Waals surface area contributed by atoms with E-state index in [1.165, 1.54) is 28.3 Å². The Balaban J connectivity index is 1.58. The maximum absolute atomic E-state index is 13.3. The number of fused-ring (bicyclic) bond motifs is 2. The van der Waals surface area contributed by atoms with Gasteiger partial charge in [-0.05, 0) is 72.7 Å². The van der Waals surface area contributed by atoms with Crippen LogP contribution in [0.3, 0.4) is 0 Å². The summed E-state index contributed by atoms with van der Waals surface area (Å²) in [7, 11) is 0. The lowest BCUT2D eigenvalue weighted by Crippen LogP contribution is -2.41. The molecule has 0 saturated heterocycles. The summed E-state index contributed by atoms with van der Waals surface area (Å²) in [6.45, 7) is -0.0732. The zero-order chi connectivity index (χ0) is 22.1. The van der Waals surface area contributed by atoms with Crippen LogP contribution >= 0.6 is 0 Å². The molecule has 0 N–H and O–H groups in total. The second-order valence-corrected chi connectivity index (χ2v) is 8.10. The van der Waals surface area contributed by atoms with Crippen molar-refractivity contribution in [2.45, 2.75) is 38.8 Å². The zero-order valence-electron chi connectivity index (χ0n) is 17.5. The summed E-state index contributed by atoms with van der Waals surface area (Å²) >= 11 is 0. The molecule has 0 saturated carbocycles. The molecule has 1 aromatic carbocycles. The Morgan fingerprint density at radius 2 is 1.69 bits per heavy atom. The quantitative estimate of drug-likeness (QED) is 0.458. The molecule has 0 bridgehead atoms. The zero-order valence-corrected chi connectivity index (χ0v) is 17.5. The maximum Gasteiger partial charge on any atom is 0.332 e. The first-order valence-corrected chi connectivity index (χ1v) is 10.7. The third-order valence-corrected chi connectivity index (χ3v) is 6.05. The van der Waals surface area contributed by atoms with E-state index in [-0.39, 0.29) is 24.4 Å². The highest BCUT2D eigenvalue weighted by atomic mass is 16.2. The molecule has 4 aromatic rings. The number of hydrogen-bond acceptors (Lipinski definition) is 5. The van der Waals surface area contributed by atoms with Crippen LogP contribution in [-0.4, -0.2) is 24.9 Å². The van der Waals surface area contributed by atoms with E-state index in [0.717, 1.165) is 29.4 Å². The predicted molar refractivity (Wildman–Crippen MR) is 121 cm³/mol. The molecule has 1 aliphatic rings. The average molecular weight is 426 g/mol. The fourth-order valence-corrected chi connectivity index (χ4v) is 4.35. The van der Waals surface area contributed by atoms with Crippen molar-refractivity contribution in [3.05, 3.63) is 104 Å². The molecule has 0 atom stereocenters. The third kappa shape index (κ3) is 3.66. The Morgan fingerprint density at radius 1 is 0.906 bits per heavy atom. The maximum atomic E-state index is 13.3. The van der Waals surface area contributed by atoms with Gasteiger partial charge in [-0.2, -0.15) is 0 Å². The lowest BCUT2D eigenvalue weighted by atomic mass is 9.90. The number of ketones is 1. The number of pyridine rings is 2. The Hall–Kier alpha value is -3.87. The van der Waals surface area contributed by atoms with E-state index in [1.807, 2.05) is 18.2 Å². The van der Waals surface area contributed by atoms with E-state index in [0.29, 0.717) is 11.1 Å². The first kappa shape index (κ1) is 20.1. The van der Waals surface area contributed by atoms with E-state index < -0.39 is 11.2 Å². The van der Waals surface area contributed by atoms with E-state index in [9.17, 15) is 14.4 Å². The normalized spacial score (nSPS) is 13.1. The number of benzene rings is 1. The van der Waals surface area contributed by atoms with Gasteiger partial charge in [0.1, 0.15) is 0 Å². The number of carbonyl (C=O) groups is 1. The highest BCUT2D eigenvalue weighted by Gasteiger charge is 2.18. The van der Waals surface area contributed by atoms with Crippen LogP contribution in [0.2, 0.25) is 0 Å². The number of hydrogen-bond donors (Lipinski definition) is 0. The minimum absolute atomic E-state index is 0.0831. The van der Waals surface area contributed by atoms with E-state index in [4.69, 9.17) is 0 Å². The first-order chi connectivity index (χ1) is 15.6. The Bertz CT molecular complexity index is 1440. The lowest BCUT2D eigenvalue weighted by Gasteiger charge is -2.17. The van der Waals surface area contributed by atoms with Crippen molar-refractivity contribution in [2.75, 3.05) is 0 Å². The highest BCUT2D eigenvalue weighted by molar-refractivity contribution is 5.96. The molecule has 160 valence electrons. The molecule has 5 rings (SSSR count). The van der Waals surface area contributed by atoms with Crippen LogP contribution in [0.1, 0.15) is 39.9 Å². The van der Waals surface area contributed by atoms with Crippen molar-refractivity contribution in [1.82, 2.24) is 19.1 Å². The molecule has 3 heterocycles. The first-order valence-electron chi connectivity index (χ1n) is 10.7. The molecule has 0 spiro atoms. The molecule has 0 amide bonds. The number of aryl methyl sites for hydroxylation is 2. The molecule has 3 aromatic heterocycles. The van der Waals surface area contributed by atoms with Gasteiger partial charge in [0.15, 0.2) is 11.3 Å². The third-order valence-electron chi connectivity index (χ3n) is 6.05. The summed E-state index contributed by atoms with van der Waals surface area (Å²) < 4.78 is 2.48. The average Bonchev–Trinajstić information content (AvgIpc) is 2.84. The van der Waals surface area contributed by atoms with Gasteiger partial charge in [0.05, 0.1) is 18.6 Å². The molecule has 0 aliphatic heterocycles. The summed E-state index contributed by atoms with van der Waals surface area (Å²) in [6.07, 6.45) is 9.05. The summed E-state index contributed by atoms with van der Waals surface area (Å²) in [6, 6.07) is 12.6. The molecular formula is C25H22N4O3. The molecule has 0 radical (unpaired) electrons. The van der Waals surface area contributed by atoms with Crippen molar-refractivity contribution in [2.24, 2.45) is 0 Å². The summed E-state index contributed by atoms with van der Waals surface area (Å²) in [4.78, 5) is 47.7. The van der Waals surface area contributed by atoms with Gasteiger partial charge in [-0.15, -0.1) is 0 Å². The molecule has 32 heavy (non-hydrogen) atoms. The SMILES string of the molecule is O=C(Cn1c(=O)n(Cc2ccncc2)c(=O)c2ncccc21)c1ccc2c(c1)CCCC2. The standard InChI is InChI=1S/C25H22N4O3/c30-22(20-8-7-18-4-1-2-5-19(18)14-20)16-28-21-6-3-11-27-23(21)24(31)29(25(28)32)15-17-9-12-26-13-10-17/h3,6-14H,1-2,4-5,15-16H2. The minimum Gasteiger partial charge on any atom is -0.292 e. The van der Waals surface area contributed by atoms with Crippen LogP contribution in [0.25, 0.3) is 11.0 Å². The van der Waals surface area contributed by atoms with Gasteiger partial charge in [0.25, 0.3) is 5.56 Å². The second kappa shape index (κ2) is 8.34. The lowest BCUT2D eigenvalue weighted by molar-refractivity contribution is 0.0971. The van der Waals surface area contributed by atoms with Crippen LogP contribution in [0.15, 0.2) is 70.6 Å². The summed E-state index contributed by atoms with van der Waals surface area (Å²) in [5, 5.41) is 0.